The zero-order valence-corrected chi connectivity index (χ0v) is 12.2. The maximum Gasteiger partial charge on any atom is 0.274 e. The predicted octanol–water partition coefficient (Wildman–Crippen LogP) is 1.64. The molecule has 6 nitrogen and oxygen atoms in total. The van der Waals surface area contributed by atoms with Crippen LogP contribution in [0.4, 0.5) is 0 Å². The van der Waals surface area contributed by atoms with Gasteiger partial charge in [-0.3, -0.25) is 15.1 Å². The summed E-state index contributed by atoms with van der Waals surface area (Å²) in [7, 11) is 0. The Labute approximate surface area is 127 Å². The number of unbranched alkanes of at least 4 members (excludes halogenated alkanes) is 1. The molecule has 0 radical (unpaired) electrons. The van der Waals surface area contributed by atoms with E-state index in [1.807, 2.05) is 6.07 Å². The number of aliphatic hydroxyl groups excluding tert-OH is 1. The van der Waals surface area contributed by atoms with Crippen LogP contribution in [0, 0.1) is 0 Å². The standard InChI is InChI=1S/C14H17ClN4O2/c15-10-4-3-5-11-9(10)8-12(18-11)13(21)19-14(16)17-6-1-2-7-20/h3-5,8,18,20H,1-2,6-7H2,(H3,16,17,19,21). The quantitative estimate of drug-likeness (QED) is 0.383. The van der Waals surface area contributed by atoms with Crippen molar-refractivity contribution in [1.82, 2.24) is 10.3 Å². The molecule has 0 aliphatic heterocycles. The Morgan fingerprint density at radius 1 is 1.43 bits per heavy atom. The van der Waals surface area contributed by atoms with E-state index in [9.17, 15) is 4.79 Å². The molecule has 2 aromatic rings. The van der Waals surface area contributed by atoms with Gasteiger partial charge in [-0.15, -0.1) is 0 Å². The maximum absolute atomic E-state index is 12.0. The second kappa shape index (κ2) is 7.10. The molecule has 0 unspecified atom stereocenters. The number of aromatic amines is 1. The summed E-state index contributed by atoms with van der Waals surface area (Å²) >= 11 is 6.06. The lowest BCUT2D eigenvalue weighted by atomic mass is 10.2. The van der Waals surface area contributed by atoms with Crippen LogP contribution in [-0.4, -0.2) is 35.1 Å². The second-order valence-electron chi connectivity index (χ2n) is 4.54. The number of rotatable bonds is 5. The molecular formula is C14H17ClN4O2. The first-order valence-corrected chi connectivity index (χ1v) is 6.99. The van der Waals surface area contributed by atoms with Crippen molar-refractivity contribution in [2.24, 2.45) is 10.7 Å². The van der Waals surface area contributed by atoms with Gasteiger partial charge in [-0.1, -0.05) is 17.7 Å². The second-order valence-corrected chi connectivity index (χ2v) is 4.94. The lowest BCUT2D eigenvalue weighted by Gasteiger charge is -2.02. The van der Waals surface area contributed by atoms with Gasteiger partial charge in [0, 0.05) is 29.1 Å². The van der Waals surface area contributed by atoms with Gasteiger partial charge in [0.15, 0.2) is 5.96 Å². The number of hydrogen-bond donors (Lipinski definition) is 4. The normalized spacial score (nSPS) is 11.8. The average molecular weight is 309 g/mol. The lowest BCUT2D eigenvalue weighted by molar-refractivity contribution is 0.0972. The minimum Gasteiger partial charge on any atom is -0.396 e. The number of carbonyl (C=O) groups is 1. The number of hydrogen-bond acceptors (Lipinski definition) is 3. The minimum atomic E-state index is -0.370. The largest absolute Gasteiger partial charge is 0.396 e. The van der Waals surface area contributed by atoms with Crippen LogP contribution in [0.1, 0.15) is 23.3 Å². The monoisotopic (exact) mass is 308 g/mol. The average Bonchev–Trinajstić information content (AvgIpc) is 2.89. The van der Waals surface area contributed by atoms with Crippen LogP contribution in [0.3, 0.4) is 0 Å². The number of amides is 1. The Balaban J connectivity index is 2.03. The molecule has 2 rings (SSSR count). The summed E-state index contributed by atoms with van der Waals surface area (Å²) in [5, 5.41) is 12.5. The van der Waals surface area contributed by atoms with Crippen molar-refractivity contribution in [3.05, 3.63) is 35.0 Å². The van der Waals surface area contributed by atoms with E-state index < -0.39 is 0 Å². The zero-order valence-electron chi connectivity index (χ0n) is 11.4. The van der Waals surface area contributed by atoms with Crippen molar-refractivity contribution in [2.45, 2.75) is 12.8 Å². The summed E-state index contributed by atoms with van der Waals surface area (Å²) in [5.41, 5.74) is 6.78. The number of aliphatic hydroxyl groups is 1. The molecule has 7 heteroatoms. The molecule has 1 heterocycles. The van der Waals surface area contributed by atoms with Crippen molar-refractivity contribution < 1.29 is 9.90 Å². The van der Waals surface area contributed by atoms with Crippen LogP contribution in [0.2, 0.25) is 5.02 Å². The van der Waals surface area contributed by atoms with E-state index in [0.29, 0.717) is 23.7 Å². The molecular weight excluding hydrogens is 292 g/mol. The van der Waals surface area contributed by atoms with Crippen LogP contribution in [0.15, 0.2) is 29.3 Å². The van der Waals surface area contributed by atoms with E-state index in [2.05, 4.69) is 15.3 Å². The van der Waals surface area contributed by atoms with Gasteiger partial charge in [0.2, 0.25) is 0 Å². The molecule has 0 aliphatic carbocycles. The van der Waals surface area contributed by atoms with Crippen LogP contribution in [-0.2, 0) is 0 Å². The van der Waals surface area contributed by atoms with Gasteiger partial charge in [-0.05, 0) is 31.0 Å². The Kier molecular flexibility index (Phi) is 5.19. The Morgan fingerprint density at radius 3 is 2.95 bits per heavy atom. The minimum absolute atomic E-state index is 0.0580. The third-order valence-electron chi connectivity index (χ3n) is 2.95. The molecule has 0 bridgehead atoms. The molecule has 1 aromatic heterocycles. The van der Waals surface area contributed by atoms with E-state index in [0.717, 1.165) is 17.3 Å². The number of aromatic nitrogens is 1. The Hall–Kier alpha value is -2.05. The highest BCUT2D eigenvalue weighted by molar-refractivity contribution is 6.35. The van der Waals surface area contributed by atoms with Gasteiger partial charge in [0.05, 0.1) is 0 Å². The maximum atomic E-state index is 12.0. The number of nitrogens with zero attached hydrogens (tertiary/aromatic N) is 1. The van der Waals surface area contributed by atoms with E-state index in [1.165, 1.54) is 0 Å². The van der Waals surface area contributed by atoms with Gasteiger partial charge in [-0.25, -0.2) is 0 Å². The molecule has 0 fully saturated rings. The van der Waals surface area contributed by atoms with Gasteiger partial charge in [-0.2, -0.15) is 0 Å². The molecule has 0 atom stereocenters. The number of nitrogens with two attached hydrogens (primary N) is 1. The first-order chi connectivity index (χ1) is 10.1. The third kappa shape index (κ3) is 3.96. The fourth-order valence-electron chi connectivity index (χ4n) is 1.89. The van der Waals surface area contributed by atoms with Crippen molar-refractivity contribution >= 4 is 34.4 Å². The topological polar surface area (TPSA) is 104 Å². The molecule has 0 saturated carbocycles. The number of fused-ring (bicyclic) bond motifs is 1. The fraction of sp³-hybridized carbons (Fsp3) is 0.286. The smallest absolute Gasteiger partial charge is 0.274 e. The number of benzene rings is 1. The van der Waals surface area contributed by atoms with Crippen LogP contribution in [0.25, 0.3) is 10.9 Å². The number of aliphatic imine (C=N–C) groups is 1. The van der Waals surface area contributed by atoms with E-state index in [4.69, 9.17) is 22.4 Å². The molecule has 1 aromatic carbocycles. The zero-order chi connectivity index (χ0) is 15.2. The molecule has 5 N–H and O–H groups in total. The molecule has 112 valence electrons. The number of nitrogens with one attached hydrogen (secondary N) is 2. The summed E-state index contributed by atoms with van der Waals surface area (Å²) in [6.07, 6.45) is 1.38. The SMILES string of the molecule is NC(=NCCCCO)NC(=O)c1cc2c(Cl)cccc2[nH]1. The van der Waals surface area contributed by atoms with Gasteiger partial charge in [0.25, 0.3) is 5.91 Å². The van der Waals surface area contributed by atoms with Crippen molar-refractivity contribution in [1.29, 1.82) is 0 Å². The summed E-state index contributed by atoms with van der Waals surface area (Å²) in [5.74, 6) is -0.312. The fourth-order valence-corrected chi connectivity index (χ4v) is 2.12. The van der Waals surface area contributed by atoms with E-state index >= 15 is 0 Å². The molecule has 0 spiro atoms. The number of H-pyrrole nitrogens is 1. The lowest BCUT2D eigenvalue weighted by Crippen LogP contribution is -2.37. The van der Waals surface area contributed by atoms with Gasteiger partial charge < -0.3 is 15.8 Å². The van der Waals surface area contributed by atoms with Gasteiger partial charge >= 0.3 is 0 Å². The third-order valence-corrected chi connectivity index (χ3v) is 3.28. The number of guanidine groups is 1. The first-order valence-electron chi connectivity index (χ1n) is 6.61. The molecule has 1 amide bonds. The number of halogens is 1. The van der Waals surface area contributed by atoms with Crippen molar-refractivity contribution in [2.75, 3.05) is 13.2 Å². The van der Waals surface area contributed by atoms with E-state index in [1.54, 1.807) is 18.2 Å². The summed E-state index contributed by atoms with van der Waals surface area (Å²) in [6, 6.07) is 7.08. The van der Waals surface area contributed by atoms with Crippen LogP contribution >= 0.6 is 11.6 Å². The highest BCUT2D eigenvalue weighted by atomic mass is 35.5. The molecule has 0 aliphatic rings. The molecule has 0 saturated heterocycles. The highest BCUT2D eigenvalue weighted by Gasteiger charge is 2.11. The predicted molar refractivity (Wildman–Crippen MR) is 83.6 cm³/mol. The summed E-state index contributed by atoms with van der Waals surface area (Å²) in [6.45, 7) is 0.586. The van der Waals surface area contributed by atoms with Crippen molar-refractivity contribution in [3.8, 4) is 0 Å². The number of carbonyl (C=O) groups excluding carboxylic acids is 1. The van der Waals surface area contributed by atoms with Crippen LogP contribution in [0.5, 0.6) is 0 Å². The Bertz CT molecular complexity index is 666. The first kappa shape index (κ1) is 15.3. The summed E-state index contributed by atoms with van der Waals surface area (Å²) in [4.78, 5) is 19.0. The Morgan fingerprint density at radius 2 is 2.24 bits per heavy atom. The van der Waals surface area contributed by atoms with E-state index in [-0.39, 0.29) is 18.5 Å². The van der Waals surface area contributed by atoms with Crippen LogP contribution < -0.4 is 11.1 Å². The van der Waals surface area contributed by atoms with Gasteiger partial charge in [0.1, 0.15) is 5.69 Å². The summed E-state index contributed by atoms with van der Waals surface area (Å²) < 4.78 is 0. The highest BCUT2D eigenvalue weighted by Crippen LogP contribution is 2.23. The molecule has 21 heavy (non-hydrogen) atoms. The van der Waals surface area contributed by atoms with Crippen molar-refractivity contribution in [3.63, 3.8) is 0 Å².